The molecule has 0 bridgehead atoms. The van der Waals surface area contributed by atoms with E-state index in [1.807, 2.05) is 17.9 Å². The fourth-order valence-electron chi connectivity index (χ4n) is 1.74. The lowest BCUT2D eigenvalue weighted by Gasteiger charge is -2.16. The Balaban J connectivity index is 2.30. The maximum absolute atomic E-state index is 5.21. The number of nitrogens with zero attached hydrogens (tertiary/aromatic N) is 2. The predicted octanol–water partition coefficient (Wildman–Crippen LogP) is 1.37. The Morgan fingerprint density at radius 2 is 2.38 bits per heavy atom. The van der Waals surface area contributed by atoms with E-state index in [1.54, 1.807) is 7.11 Å². The monoisotopic (exact) mass is 225 g/mol. The van der Waals surface area contributed by atoms with Crippen molar-refractivity contribution in [3.63, 3.8) is 0 Å². The zero-order valence-electron chi connectivity index (χ0n) is 10.6. The molecule has 0 fully saturated rings. The molecular weight excluding hydrogens is 202 g/mol. The van der Waals surface area contributed by atoms with Gasteiger partial charge in [-0.15, -0.1) is 0 Å². The summed E-state index contributed by atoms with van der Waals surface area (Å²) in [6, 6.07) is 0.449. The lowest BCUT2D eigenvalue weighted by Crippen LogP contribution is -2.34. The van der Waals surface area contributed by atoms with Crippen molar-refractivity contribution in [2.24, 2.45) is 7.05 Å². The third-order valence-electron chi connectivity index (χ3n) is 2.59. The van der Waals surface area contributed by atoms with Gasteiger partial charge in [-0.3, -0.25) is 4.68 Å². The van der Waals surface area contributed by atoms with Crippen molar-refractivity contribution in [1.29, 1.82) is 0 Å². The van der Waals surface area contributed by atoms with E-state index in [0.717, 1.165) is 32.4 Å². The molecule has 0 saturated carbocycles. The van der Waals surface area contributed by atoms with Gasteiger partial charge in [-0.2, -0.15) is 5.10 Å². The Labute approximate surface area is 98.0 Å². The highest BCUT2D eigenvalue weighted by molar-refractivity contribution is 5.03. The maximum atomic E-state index is 5.21. The minimum absolute atomic E-state index is 0.449. The van der Waals surface area contributed by atoms with E-state index >= 15 is 0 Å². The van der Waals surface area contributed by atoms with Crippen LogP contribution in [0.4, 0.5) is 0 Å². The summed E-state index contributed by atoms with van der Waals surface area (Å²) in [6.45, 7) is 4.01. The van der Waals surface area contributed by atoms with E-state index < -0.39 is 0 Å². The van der Waals surface area contributed by atoms with Crippen LogP contribution in [0.25, 0.3) is 0 Å². The number of aryl methyl sites for hydroxylation is 2. The molecule has 0 aliphatic carbocycles. The first kappa shape index (κ1) is 13.2. The predicted molar refractivity (Wildman–Crippen MR) is 65.5 cm³/mol. The minimum atomic E-state index is 0.449. The first-order valence-corrected chi connectivity index (χ1v) is 5.96. The highest BCUT2D eigenvalue weighted by Crippen LogP contribution is 2.04. The van der Waals surface area contributed by atoms with E-state index in [2.05, 4.69) is 23.5 Å². The molecule has 0 spiro atoms. The molecule has 1 aromatic heterocycles. The Kier molecular flexibility index (Phi) is 6.11. The van der Waals surface area contributed by atoms with E-state index in [-0.39, 0.29) is 0 Å². The summed E-state index contributed by atoms with van der Waals surface area (Å²) >= 11 is 0. The van der Waals surface area contributed by atoms with E-state index in [1.165, 1.54) is 5.56 Å². The largest absolute Gasteiger partial charge is 0.383 e. The first-order valence-electron chi connectivity index (χ1n) is 5.96. The van der Waals surface area contributed by atoms with Gasteiger partial charge in [0.05, 0.1) is 12.8 Å². The summed E-state index contributed by atoms with van der Waals surface area (Å²) in [5.41, 5.74) is 1.29. The molecule has 1 unspecified atom stereocenters. The van der Waals surface area contributed by atoms with Crippen LogP contribution in [0.5, 0.6) is 0 Å². The van der Waals surface area contributed by atoms with Crippen molar-refractivity contribution >= 4 is 0 Å². The smallest absolute Gasteiger partial charge is 0.0615 e. The molecular formula is C12H23N3O. The second-order valence-corrected chi connectivity index (χ2v) is 4.17. The van der Waals surface area contributed by atoms with Gasteiger partial charge < -0.3 is 10.1 Å². The lowest BCUT2D eigenvalue weighted by molar-refractivity contribution is 0.162. The van der Waals surface area contributed by atoms with Crippen LogP contribution in [0.1, 0.15) is 25.3 Å². The number of ether oxygens (including phenoxy) is 1. The third-order valence-corrected chi connectivity index (χ3v) is 2.59. The van der Waals surface area contributed by atoms with Crippen molar-refractivity contribution in [3.05, 3.63) is 18.0 Å². The molecule has 0 saturated heterocycles. The molecule has 1 aromatic rings. The van der Waals surface area contributed by atoms with Gasteiger partial charge in [0.1, 0.15) is 0 Å². The second-order valence-electron chi connectivity index (χ2n) is 4.17. The summed E-state index contributed by atoms with van der Waals surface area (Å²) in [6.07, 6.45) is 7.32. The van der Waals surface area contributed by atoms with Crippen LogP contribution in [0.3, 0.4) is 0 Å². The summed E-state index contributed by atoms with van der Waals surface area (Å²) < 4.78 is 7.06. The Hall–Kier alpha value is -0.870. The molecule has 0 radical (unpaired) electrons. The molecule has 0 aliphatic heterocycles. The average Bonchev–Trinajstić information content (AvgIpc) is 2.68. The summed E-state index contributed by atoms with van der Waals surface area (Å²) in [5.74, 6) is 0. The minimum Gasteiger partial charge on any atom is -0.383 e. The number of rotatable bonds is 8. The van der Waals surface area contributed by atoms with Gasteiger partial charge >= 0.3 is 0 Å². The van der Waals surface area contributed by atoms with Gasteiger partial charge in [0.2, 0.25) is 0 Å². The summed E-state index contributed by atoms with van der Waals surface area (Å²) in [7, 11) is 3.70. The van der Waals surface area contributed by atoms with Gasteiger partial charge in [-0.1, -0.05) is 6.92 Å². The molecule has 0 aromatic carbocycles. The van der Waals surface area contributed by atoms with Crippen LogP contribution in [0.2, 0.25) is 0 Å². The van der Waals surface area contributed by atoms with Crippen molar-refractivity contribution in [2.75, 3.05) is 20.3 Å². The fraction of sp³-hybridized carbons (Fsp3) is 0.750. The van der Waals surface area contributed by atoms with Gasteiger partial charge in [-0.25, -0.2) is 0 Å². The van der Waals surface area contributed by atoms with Crippen LogP contribution < -0.4 is 5.32 Å². The highest BCUT2D eigenvalue weighted by atomic mass is 16.5. The molecule has 0 amide bonds. The fourth-order valence-corrected chi connectivity index (χ4v) is 1.74. The van der Waals surface area contributed by atoms with E-state index in [9.17, 15) is 0 Å². The van der Waals surface area contributed by atoms with Crippen LogP contribution in [-0.2, 0) is 18.2 Å². The average molecular weight is 225 g/mol. The molecule has 0 aliphatic rings. The highest BCUT2D eigenvalue weighted by Gasteiger charge is 2.07. The lowest BCUT2D eigenvalue weighted by atomic mass is 10.1. The third kappa shape index (κ3) is 4.77. The molecule has 4 heteroatoms. The topological polar surface area (TPSA) is 39.1 Å². The van der Waals surface area contributed by atoms with Gasteiger partial charge in [0.15, 0.2) is 0 Å². The Morgan fingerprint density at radius 1 is 1.56 bits per heavy atom. The van der Waals surface area contributed by atoms with Crippen LogP contribution >= 0.6 is 0 Å². The van der Waals surface area contributed by atoms with E-state index in [4.69, 9.17) is 4.74 Å². The zero-order valence-corrected chi connectivity index (χ0v) is 10.6. The first-order chi connectivity index (χ1) is 7.76. The quantitative estimate of drug-likeness (QED) is 0.726. The van der Waals surface area contributed by atoms with Crippen LogP contribution in [-0.4, -0.2) is 36.1 Å². The molecule has 1 rings (SSSR count). The molecule has 1 atom stereocenters. The second kappa shape index (κ2) is 7.41. The summed E-state index contributed by atoms with van der Waals surface area (Å²) in [5, 5.41) is 7.66. The Morgan fingerprint density at radius 3 is 2.94 bits per heavy atom. The normalized spacial score (nSPS) is 12.9. The molecule has 1 N–H and O–H groups in total. The van der Waals surface area contributed by atoms with Crippen molar-refractivity contribution in [3.8, 4) is 0 Å². The number of methoxy groups -OCH3 is 1. The molecule has 1 heterocycles. The standard InChI is InChI=1S/C12H23N3O/c1-4-7-13-12(10-16-3)6-5-11-8-14-15(2)9-11/h8-9,12-13H,4-7,10H2,1-3H3. The van der Waals surface area contributed by atoms with Crippen molar-refractivity contribution in [1.82, 2.24) is 15.1 Å². The number of aromatic nitrogens is 2. The van der Waals surface area contributed by atoms with Gasteiger partial charge in [0, 0.05) is 26.4 Å². The number of nitrogens with one attached hydrogen (secondary N) is 1. The summed E-state index contributed by atoms with van der Waals surface area (Å²) in [4.78, 5) is 0. The van der Waals surface area contributed by atoms with Crippen molar-refractivity contribution in [2.45, 2.75) is 32.2 Å². The van der Waals surface area contributed by atoms with Crippen LogP contribution in [0, 0.1) is 0 Å². The molecule has 4 nitrogen and oxygen atoms in total. The number of hydrogen-bond donors (Lipinski definition) is 1. The molecule has 92 valence electrons. The van der Waals surface area contributed by atoms with Gasteiger partial charge in [-0.05, 0) is 31.4 Å². The number of hydrogen-bond acceptors (Lipinski definition) is 3. The van der Waals surface area contributed by atoms with Crippen molar-refractivity contribution < 1.29 is 4.74 Å². The zero-order chi connectivity index (χ0) is 11.8. The van der Waals surface area contributed by atoms with Gasteiger partial charge in [0.25, 0.3) is 0 Å². The SMILES string of the molecule is CCCNC(CCc1cnn(C)c1)COC. The maximum Gasteiger partial charge on any atom is 0.0615 e. The van der Waals surface area contributed by atoms with Crippen LogP contribution in [0.15, 0.2) is 12.4 Å². The Bertz CT molecular complexity index is 286. The molecule has 16 heavy (non-hydrogen) atoms. The van der Waals surface area contributed by atoms with E-state index in [0.29, 0.717) is 6.04 Å².